The lowest BCUT2D eigenvalue weighted by Gasteiger charge is -2.35. The first-order chi connectivity index (χ1) is 20.5. The van der Waals surface area contributed by atoms with Crippen molar-refractivity contribution in [3.05, 3.63) is 53.4 Å². The summed E-state index contributed by atoms with van der Waals surface area (Å²) in [6.45, 7) is 5.81. The molecule has 0 amide bonds. The number of piperidine rings is 1. The fraction of sp³-hybridized carbons (Fsp3) is 0.500. The molecule has 1 saturated carbocycles. The van der Waals surface area contributed by atoms with E-state index in [2.05, 4.69) is 21.7 Å². The summed E-state index contributed by atoms with van der Waals surface area (Å²) in [4.78, 5) is 19.4. The lowest BCUT2D eigenvalue weighted by Crippen LogP contribution is -2.46. The highest BCUT2D eigenvalue weighted by atomic mass is 35.5. The lowest BCUT2D eigenvalue weighted by atomic mass is 9.95. The van der Waals surface area contributed by atoms with E-state index < -0.39 is 5.82 Å². The number of halogens is 2. The summed E-state index contributed by atoms with van der Waals surface area (Å²) in [5, 5.41) is 2.95. The van der Waals surface area contributed by atoms with Crippen molar-refractivity contribution in [1.29, 1.82) is 0 Å². The highest BCUT2D eigenvalue weighted by molar-refractivity contribution is 6.36. The first-order valence-corrected chi connectivity index (χ1v) is 16.1. The number of hydrogen-bond donors (Lipinski definition) is 0. The van der Waals surface area contributed by atoms with Crippen LogP contribution < -0.4 is 9.64 Å². The highest BCUT2D eigenvalue weighted by Gasteiger charge is 2.49. The molecule has 3 saturated heterocycles. The zero-order chi connectivity index (χ0) is 28.4. The molecule has 0 spiro atoms. The topological polar surface area (TPSA) is 54.4 Å². The van der Waals surface area contributed by atoms with Gasteiger partial charge in [-0.2, -0.15) is 9.97 Å². The number of aromatic nitrogens is 3. The van der Waals surface area contributed by atoms with Crippen molar-refractivity contribution in [3.8, 4) is 17.3 Å². The molecule has 5 heterocycles. The van der Waals surface area contributed by atoms with E-state index in [4.69, 9.17) is 26.3 Å². The Morgan fingerprint density at radius 3 is 2.67 bits per heavy atom. The Bertz CT molecular complexity index is 1660. The summed E-state index contributed by atoms with van der Waals surface area (Å²) in [5.74, 6) is 1.60. The average Bonchev–Trinajstić information content (AvgIpc) is 3.68. The molecule has 0 radical (unpaired) electrons. The number of ether oxygens (including phenoxy) is 1. The average molecular weight is 586 g/mol. The Balaban J connectivity index is 1.23. The van der Waals surface area contributed by atoms with Crippen LogP contribution in [0, 0.1) is 17.7 Å². The molecule has 4 aromatic rings. The minimum atomic E-state index is -0.457. The van der Waals surface area contributed by atoms with Gasteiger partial charge in [-0.05, 0) is 81.2 Å². The van der Waals surface area contributed by atoms with Crippen LogP contribution in [0.2, 0.25) is 5.02 Å². The number of pyridine rings is 1. The number of anilines is 1. The van der Waals surface area contributed by atoms with Crippen LogP contribution >= 0.6 is 11.6 Å². The van der Waals surface area contributed by atoms with Crippen LogP contribution in [-0.2, 0) is 0 Å². The predicted molar refractivity (Wildman–Crippen MR) is 166 cm³/mol. The van der Waals surface area contributed by atoms with Gasteiger partial charge in [-0.3, -0.25) is 9.88 Å². The number of benzene rings is 2. The minimum absolute atomic E-state index is 0.0328. The molecular weight excluding hydrogens is 549 g/mol. The van der Waals surface area contributed by atoms with Crippen molar-refractivity contribution >= 4 is 39.1 Å². The second-order valence-corrected chi connectivity index (χ2v) is 13.4. The lowest BCUT2D eigenvalue weighted by molar-refractivity contribution is 0.0836. The Hall–Kier alpha value is -3.03. The number of rotatable bonds is 6. The van der Waals surface area contributed by atoms with Crippen LogP contribution in [0.25, 0.3) is 32.9 Å². The van der Waals surface area contributed by atoms with Crippen LogP contribution in [-0.4, -0.2) is 57.7 Å². The van der Waals surface area contributed by atoms with Crippen molar-refractivity contribution in [1.82, 2.24) is 19.9 Å². The second kappa shape index (κ2) is 10.3. The monoisotopic (exact) mass is 585 g/mol. The minimum Gasteiger partial charge on any atom is -0.461 e. The molecule has 2 aromatic carbocycles. The predicted octanol–water partition coefficient (Wildman–Crippen LogP) is 7.66. The molecule has 218 valence electrons. The molecule has 2 unspecified atom stereocenters. The molecule has 0 N–H and O–H groups in total. The van der Waals surface area contributed by atoms with Crippen molar-refractivity contribution in [2.45, 2.75) is 69.9 Å². The molecule has 4 aliphatic rings. The fourth-order valence-corrected chi connectivity index (χ4v) is 8.91. The molecule has 2 aromatic heterocycles. The normalized spacial score (nSPS) is 27.3. The molecule has 4 fully saturated rings. The van der Waals surface area contributed by atoms with Crippen LogP contribution in [0.5, 0.6) is 6.01 Å². The molecule has 8 heteroatoms. The van der Waals surface area contributed by atoms with E-state index >= 15 is 4.39 Å². The van der Waals surface area contributed by atoms with Crippen LogP contribution in [0.1, 0.15) is 58.3 Å². The summed E-state index contributed by atoms with van der Waals surface area (Å²) in [7, 11) is 0. The van der Waals surface area contributed by atoms with Gasteiger partial charge in [0.2, 0.25) is 0 Å². The summed E-state index contributed by atoms with van der Waals surface area (Å²) in [6.07, 6.45) is 11.4. The molecule has 2 bridgehead atoms. The van der Waals surface area contributed by atoms with E-state index in [0.29, 0.717) is 40.5 Å². The maximum Gasteiger partial charge on any atom is 0.319 e. The third kappa shape index (κ3) is 4.26. The van der Waals surface area contributed by atoms with Crippen molar-refractivity contribution in [3.63, 3.8) is 0 Å². The van der Waals surface area contributed by atoms with Gasteiger partial charge in [0.1, 0.15) is 23.6 Å². The largest absolute Gasteiger partial charge is 0.461 e. The standard InChI is InChI=1S/C34H37ClFN5O/c1-2-24-12-14-34(13-5-15-41(24)34)20-42-33-38-31-26(32(39-33)40-18-21-10-11-22(16-21)19-40)17-37-30(29(31)36)25-8-3-6-23-7-4-9-27(35)28(23)25/h3-4,6-9,17,21-22,24H,2,5,10-16,18-20H2,1H3/t21?,22?,24-,34+/m0/s1. The number of nitrogens with zero attached hydrogens (tertiary/aromatic N) is 5. The van der Waals surface area contributed by atoms with Gasteiger partial charge in [-0.15, -0.1) is 0 Å². The molecule has 4 atom stereocenters. The van der Waals surface area contributed by atoms with Gasteiger partial charge >= 0.3 is 6.01 Å². The zero-order valence-corrected chi connectivity index (χ0v) is 24.9. The summed E-state index contributed by atoms with van der Waals surface area (Å²) in [6, 6.07) is 12.4. The molecular formula is C34H37ClFN5O. The van der Waals surface area contributed by atoms with E-state index in [-0.39, 0.29) is 22.8 Å². The van der Waals surface area contributed by atoms with Gasteiger partial charge in [0.05, 0.1) is 10.9 Å². The second-order valence-electron chi connectivity index (χ2n) is 13.0. The summed E-state index contributed by atoms with van der Waals surface area (Å²) in [5.41, 5.74) is 1.21. The van der Waals surface area contributed by atoms with E-state index in [1.165, 1.54) is 32.1 Å². The smallest absolute Gasteiger partial charge is 0.319 e. The van der Waals surface area contributed by atoms with E-state index in [1.54, 1.807) is 6.20 Å². The molecule has 8 rings (SSSR count). The highest BCUT2D eigenvalue weighted by Crippen LogP contribution is 2.44. The molecule has 6 nitrogen and oxygen atoms in total. The van der Waals surface area contributed by atoms with Crippen LogP contribution in [0.4, 0.5) is 10.2 Å². The van der Waals surface area contributed by atoms with E-state index in [9.17, 15) is 0 Å². The van der Waals surface area contributed by atoms with Crippen molar-refractivity contribution in [2.75, 3.05) is 31.1 Å². The Labute approximate surface area is 251 Å². The third-order valence-electron chi connectivity index (χ3n) is 10.6. The van der Waals surface area contributed by atoms with Gasteiger partial charge in [0.25, 0.3) is 0 Å². The van der Waals surface area contributed by atoms with Gasteiger partial charge in [-0.25, -0.2) is 4.39 Å². The van der Waals surface area contributed by atoms with Crippen molar-refractivity contribution in [2.24, 2.45) is 11.8 Å². The van der Waals surface area contributed by atoms with E-state index in [0.717, 1.165) is 55.5 Å². The van der Waals surface area contributed by atoms with Gasteiger partial charge in [0.15, 0.2) is 5.82 Å². The van der Waals surface area contributed by atoms with Gasteiger partial charge in [0, 0.05) is 41.3 Å². The maximum atomic E-state index is 16.7. The summed E-state index contributed by atoms with van der Waals surface area (Å²) < 4.78 is 23.2. The van der Waals surface area contributed by atoms with Gasteiger partial charge < -0.3 is 9.64 Å². The first kappa shape index (κ1) is 26.6. The van der Waals surface area contributed by atoms with Crippen LogP contribution in [0.3, 0.4) is 0 Å². The van der Waals surface area contributed by atoms with E-state index in [1.807, 2.05) is 36.4 Å². The molecule has 42 heavy (non-hydrogen) atoms. The number of fused-ring (bicyclic) bond motifs is 5. The zero-order valence-electron chi connectivity index (χ0n) is 24.2. The first-order valence-electron chi connectivity index (χ1n) is 15.7. The molecule has 1 aliphatic carbocycles. The van der Waals surface area contributed by atoms with Crippen LogP contribution in [0.15, 0.2) is 42.6 Å². The Kier molecular flexibility index (Phi) is 6.52. The summed E-state index contributed by atoms with van der Waals surface area (Å²) >= 11 is 6.63. The van der Waals surface area contributed by atoms with Crippen molar-refractivity contribution < 1.29 is 9.13 Å². The quantitative estimate of drug-likeness (QED) is 0.231. The third-order valence-corrected chi connectivity index (χ3v) is 10.9. The van der Waals surface area contributed by atoms with Gasteiger partial charge in [-0.1, -0.05) is 48.9 Å². The molecule has 3 aliphatic heterocycles. The maximum absolute atomic E-state index is 16.7. The Morgan fingerprint density at radius 1 is 1.05 bits per heavy atom. The Morgan fingerprint density at radius 2 is 1.86 bits per heavy atom. The fourth-order valence-electron chi connectivity index (χ4n) is 8.63. The number of hydrogen-bond acceptors (Lipinski definition) is 6. The SMILES string of the molecule is CC[C@H]1CC[C@@]2(COc3nc(N4CC5CCC(C5)C4)c4cnc(-c5cccc6cccc(Cl)c56)c(F)c4n3)CCCN12.